The van der Waals surface area contributed by atoms with Crippen molar-refractivity contribution >= 4 is 53.6 Å². The molecule has 4 rings (SSSR count). The fraction of sp³-hybridized carbons (Fsp3) is 0.528. The molecule has 2 aliphatic rings. The van der Waals surface area contributed by atoms with Crippen LogP contribution in [-0.4, -0.2) is 123 Å². The van der Waals surface area contributed by atoms with E-state index in [0.29, 0.717) is 47.6 Å². The van der Waals surface area contributed by atoms with Crippen LogP contribution >= 0.6 is 23.2 Å². The molecule has 0 atom stereocenters. The van der Waals surface area contributed by atoms with Gasteiger partial charge in [0.25, 0.3) is 0 Å². The van der Waals surface area contributed by atoms with E-state index in [1.165, 1.54) is 32.4 Å². The summed E-state index contributed by atoms with van der Waals surface area (Å²) in [5.74, 6) is -0.876. The molecule has 2 aliphatic heterocycles. The minimum atomic E-state index is -0.483. The molecule has 2 aromatic carbocycles. The predicted octanol–water partition coefficient (Wildman–Crippen LogP) is 5.95. The van der Waals surface area contributed by atoms with Crippen molar-refractivity contribution in [1.82, 2.24) is 20.0 Å². The zero-order valence-electron chi connectivity index (χ0n) is 30.7. The quantitative estimate of drug-likeness (QED) is 0.220. The van der Waals surface area contributed by atoms with Crippen molar-refractivity contribution in [2.24, 2.45) is 0 Å². The average Bonchev–Trinajstić information content (AvgIpc) is 3.08. The van der Waals surface area contributed by atoms with E-state index in [9.17, 15) is 24.0 Å². The minimum absolute atomic E-state index is 0.200. The van der Waals surface area contributed by atoms with E-state index in [1.807, 2.05) is 47.6 Å². The highest BCUT2D eigenvalue weighted by molar-refractivity contribution is 6.33. The number of amides is 2. The van der Waals surface area contributed by atoms with Crippen LogP contribution in [-0.2, 0) is 25.5 Å². The number of esters is 2. The molecular formula is C36H50Cl2N4O9. The van der Waals surface area contributed by atoms with Crippen molar-refractivity contribution in [3.63, 3.8) is 0 Å². The standard InChI is InChI=1S/C18H25ClN2O4.C9H7ClO3.C9H18N2O2/c1-18(2,3)25-17(23)21-9-7-20(8-10-21)12-14-6-5-13(11-15(14)19)16(22)24-4;1-13-9(12)6-2-3-7(5-11)8(10)4-6;1-9(2,3)13-8(12)11-6-4-10-5-7-11/h5-6,11H,7-10,12H2,1-4H3;2-5H,1H3;10H,4-7H2,1-3H3. The third-order valence-electron chi connectivity index (χ3n) is 7.21. The van der Waals surface area contributed by atoms with Crippen molar-refractivity contribution in [1.29, 1.82) is 0 Å². The van der Waals surface area contributed by atoms with Crippen LogP contribution in [0, 0.1) is 0 Å². The fourth-order valence-electron chi connectivity index (χ4n) is 4.62. The molecule has 13 nitrogen and oxygen atoms in total. The van der Waals surface area contributed by atoms with Crippen molar-refractivity contribution in [3.05, 3.63) is 68.7 Å². The van der Waals surface area contributed by atoms with Gasteiger partial charge in [0.05, 0.1) is 30.4 Å². The Hall–Kier alpha value is -3.91. The van der Waals surface area contributed by atoms with Crippen molar-refractivity contribution < 1.29 is 42.9 Å². The van der Waals surface area contributed by atoms with Gasteiger partial charge in [-0.1, -0.05) is 29.3 Å². The van der Waals surface area contributed by atoms with Gasteiger partial charge in [-0.2, -0.15) is 0 Å². The van der Waals surface area contributed by atoms with Gasteiger partial charge in [0.15, 0.2) is 6.29 Å². The van der Waals surface area contributed by atoms with E-state index < -0.39 is 17.5 Å². The first-order valence-electron chi connectivity index (χ1n) is 16.5. The van der Waals surface area contributed by atoms with E-state index in [1.54, 1.807) is 21.9 Å². The molecule has 282 valence electrons. The molecule has 0 aliphatic carbocycles. The van der Waals surface area contributed by atoms with E-state index in [2.05, 4.69) is 15.0 Å². The van der Waals surface area contributed by atoms with Crippen LogP contribution in [0.25, 0.3) is 0 Å². The van der Waals surface area contributed by atoms with Crippen LogP contribution in [0.15, 0.2) is 36.4 Å². The Bertz CT molecular complexity index is 1490. The molecule has 0 radical (unpaired) electrons. The summed E-state index contributed by atoms with van der Waals surface area (Å²) in [6.45, 7) is 17.8. The number of hydrogen-bond acceptors (Lipinski definition) is 11. The summed E-state index contributed by atoms with van der Waals surface area (Å²) in [6, 6.07) is 9.54. The minimum Gasteiger partial charge on any atom is -0.465 e. The topological polar surface area (TPSA) is 144 Å². The third kappa shape index (κ3) is 15.5. The van der Waals surface area contributed by atoms with E-state index in [4.69, 9.17) is 37.4 Å². The van der Waals surface area contributed by atoms with E-state index in [-0.39, 0.29) is 22.8 Å². The Kier molecular flexibility index (Phi) is 17.1. The normalized spacial score (nSPS) is 14.9. The highest BCUT2D eigenvalue weighted by Crippen LogP contribution is 2.22. The number of ether oxygens (including phenoxy) is 4. The number of aldehydes is 1. The Balaban J connectivity index is 0.000000292. The summed E-state index contributed by atoms with van der Waals surface area (Å²) >= 11 is 12.0. The molecule has 15 heteroatoms. The number of piperazine rings is 2. The lowest BCUT2D eigenvalue weighted by molar-refractivity contribution is 0.0137. The number of nitrogens with one attached hydrogen (secondary N) is 1. The van der Waals surface area contributed by atoms with Gasteiger partial charge in [0.1, 0.15) is 11.2 Å². The van der Waals surface area contributed by atoms with Gasteiger partial charge in [-0.3, -0.25) is 9.69 Å². The summed E-state index contributed by atoms with van der Waals surface area (Å²) in [5, 5.41) is 3.97. The SMILES string of the molecule is CC(C)(C)OC(=O)N1CCNCC1.COC(=O)c1ccc(C=O)c(Cl)c1.COC(=O)c1ccc(CN2CCN(C(=O)OC(C)(C)C)CC2)c(Cl)c1. The second kappa shape index (κ2) is 20.2. The first kappa shape index (κ1) is 43.3. The molecule has 2 fully saturated rings. The third-order valence-corrected chi connectivity index (χ3v) is 7.89. The number of nitrogens with zero attached hydrogens (tertiary/aromatic N) is 3. The van der Waals surface area contributed by atoms with Crippen molar-refractivity contribution in [2.45, 2.75) is 59.3 Å². The maximum absolute atomic E-state index is 12.1. The smallest absolute Gasteiger partial charge is 0.410 e. The zero-order chi connectivity index (χ0) is 38.4. The van der Waals surface area contributed by atoms with Gasteiger partial charge in [0.2, 0.25) is 0 Å². The molecule has 0 spiro atoms. The maximum atomic E-state index is 12.1. The van der Waals surface area contributed by atoms with Crippen LogP contribution in [0.3, 0.4) is 0 Å². The number of carbonyl (C=O) groups excluding carboxylic acids is 5. The lowest BCUT2D eigenvalue weighted by atomic mass is 10.1. The summed E-state index contributed by atoms with van der Waals surface area (Å²) in [6.07, 6.45) is 0.158. The van der Waals surface area contributed by atoms with Crippen molar-refractivity contribution in [3.8, 4) is 0 Å². The van der Waals surface area contributed by atoms with Crippen LogP contribution in [0.4, 0.5) is 9.59 Å². The number of methoxy groups -OCH3 is 2. The van der Waals surface area contributed by atoms with Crippen LogP contribution in [0.2, 0.25) is 10.0 Å². The predicted molar refractivity (Wildman–Crippen MR) is 195 cm³/mol. The zero-order valence-corrected chi connectivity index (χ0v) is 32.2. The molecule has 2 aromatic rings. The molecule has 0 unspecified atom stereocenters. The molecule has 1 N–H and O–H groups in total. The first-order valence-corrected chi connectivity index (χ1v) is 17.2. The monoisotopic (exact) mass is 752 g/mol. The number of benzene rings is 2. The lowest BCUT2D eigenvalue weighted by Crippen LogP contribution is -2.49. The Morgan fingerprint density at radius 2 is 1.16 bits per heavy atom. The molecule has 2 saturated heterocycles. The molecule has 0 aromatic heterocycles. The molecule has 2 heterocycles. The summed E-state index contributed by atoms with van der Waals surface area (Å²) in [7, 11) is 2.62. The Labute approximate surface area is 310 Å². The van der Waals surface area contributed by atoms with Gasteiger partial charge in [0, 0.05) is 69.5 Å². The molecule has 0 bridgehead atoms. The average molecular weight is 754 g/mol. The highest BCUT2D eigenvalue weighted by Gasteiger charge is 2.26. The van der Waals surface area contributed by atoms with Gasteiger partial charge < -0.3 is 34.1 Å². The van der Waals surface area contributed by atoms with Gasteiger partial charge in [-0.25, -0.2) is 19.2 Å². The summed E-state index contributed by atoms with van der Waals surface area (Å²) in [4.78, 5) is 62.2. The van der Waals surface area contributed by atoms with Crippen LogP contribution in [0.1, 0.15) is 78.2 Å². The first-order chi connectivity index (χ1) is 23.9. The molecule has 51 heavy (non-hydrogen) atoms. The molecular weight excluding hydrogens is 703 g/mol. The number of rotatable bonds is 5. The van der Waals surface area contributed by atoms with Gasteiger partial charge >= 0.3 is 24.1 Å². The lowest BCUT2D eigenvalue weighted by Gasteiger charge is -2.35. The maximum Gasteiger partial charge on any atom is 0.410 e. The second-order valence-electron chi connectivity index (χ2n) is 13.6. The molecule has 2 amide bonds. The summed E-state index contributed by atoms with van der Waals surface area (Å²) in [5.41, 5.74) is 1.20. The van der Waals surface area contributed by atoms with Gasteiger partial charge in [-0.05, 0) is 77.4 Å². The number of carbonyl (C=O) groups is 5. The fourth-order valence-corrected chi connectivity index (χ4v) is 5.08. The number of halogens is 2. The Morgan fingerprint density at radius 1 is 0.706 bits per heavy atom. The Morgan fingerprint density at radius 3 is 1.57 bits per heavy atom. The van der Waals surface area contributed by atoms with E-state index in [0.717, 1.165) is 44.8 Å². The summed E-state index contributed by atoms with van der Waals surface area (Å²) < 4.78 is 19.8. The van der Waals surface area contributed by atoms with E-state index >= 15 is 0 Å². The van der Waals surface area contributed by atoms with Gasteiger partial charge in [-0.15, -0.1) is 0 Å². The second-order valence-corrected chi connectivity index (χ2v) is 14.4. The highest BCUT2D eigenvalue weighted by atomic mass is 35.5. The van der Waals surface area contributed by atoms with Crippen molar-refractivity contribution in [2.75, 3.05) is 66.6 Å². The molecule has 0 saturated carbocycles. The largest absolute Gasteiger partial charge is 0.465 e. The van der Waals surface area contributed by atoms with Crippen LogP contribution < -0.4 is 5.32 Å². The van der Waals surface area contributed by atoms with Crippen LogP contribution in [0.5, 0.6) is 0 Å². The number of hydrogen-bond donors (Lipinski definition) is 1.